The second-order valence-electron chi connectivity index (χ2n) is 3.00. The summed E-state index contributed by atoms with van der Waals surface area (Å²) in [6.45, 7) is 4.23. The van der Waals surface area contributed by atoms with E-state index in [1.807, 2.05) is 13.0 Å². The number of aryl methyl sites for hydroxylation is 1. The van der Waals surface area contributed by atoms with E-state index in [-0.39, 0.29) is 5.97 Å². The lowest BCUT2D eigenvalue weighted by Crippen LogP contribution is -2.06. The van der Waals surface area contributed by atoms with Crippen molar-refractivity contribution in [3.05, 3.63) is 32.2 Å². The first kappa shape index (κ1) is 12.7. The van der Waals surface area contributed by atoms with Crippen molar-refractivity contribution in [1.82, 2.24) is 0 Å². The molecule has 0 atom stereocenters. The van der Waals surface area contributed by atoms with E-state index in [0.29, 0.717) is 12.2 Å². The fraction of sp³-hybridized carbons (Fsp3) is 0.364. The van der Waals surface area contributed by atoms with Crippen LogP contribution in [0.25, 0.3) is 0 Å². The first-order chi connectivity index (χ1) is 7.10. The molecule has 1 aromatic rings. The van der Waals surface area contributed by atoms with Gasteiger partial charge in [0.05, 0.1) is 12.2 Å². The molecule has 0 radical (unpaired) electrons. The molecule has 0 aliphatic carbocycles. The van der Waals surface area contributed by atoms with E-state index in [9.17, 15) is 4.79 Å². The summed E-state index contributed by atoms with van der Waals surface area (Å²) >= 11 is 6.80. The third kappa shape index (κ3) is 3.05. The topological polar surface area (TPSA) is 26.3 Å². The Morgan fingerprint density at radius 2 is 2.00 bits per heavy atom. The van der Waals surface area contributed by atoms with E-state index in [2.05, 4.69) is 31.9 Å². The van der Waals surface area contributed by atoms with Gasteiger partial charge in [-0.2, -0.15) is 0 Å². The lowest BCUT2D eigenvalue weighted by atomic mass is 10.1. The molecule has 0 fully saturated rings. The zero-order valence-corrected chi connectivity index (χ0v) is 11.8. The predicted molar refractivity (Wildman–Crippen MR) is 67.2 cm³/mol. The van der Waals surface area contributed by atoms with Gasteiger partial charge in [-0.25, -0.2) is 4.79 Å². The third-order valence-corrected chi connectivity index (χ3v) is 3.38. The molecule has 0 amide bonds. The number of rotatable bonds is 3. The van der Waals surface area contributed by atoms with Gasteiger partial charge in [-0.1, -0.05) is 22.9 Å². The summed E-state index contributed by atoms with van der Waals surface area (Å²) in [6.07, 6.45) is 0.867. The molecule has 0 aliphatic rings. The van der Waals surface area contributed by atoms with Crippen molar-refractivity contribution in [3.8, 4) is 0 Å². The quantitative estimate of drug-likeness (QED) is 0.782. The van der Waals surface area contributed by atoms with Crippen LogP contribution < -0.4 is 0 Å². The summed E-state index contributed by atoms with van der Waals surface area (Å²) in [7, 11) is 0. The number of esters is 1. The zero-order chi connectivity index (χ0) is 11.4. The summed E-state index contributed by atoms with van der Waals surface area (Å²) in [6, 6.07) is 3.76. The third-order valence-electron chi connectivity index (χ3n) is 1.99. The average Bonchev–Trinajstić information content (AvgIpc) is 2.21. The van der Waals surface area contributed by atoms with Crippen LogP contribution in [0.4, 0.5) is 0 Å². The highest BCUT2D eigenvalue weighted by Crippen LogP contribution is 2.27. The second-order valence-corrected chi connectivity index (χ2v) is 4.71. The number of carbonyl (C=O) groups excluding carboxylic acids is 1. The lowest BCUT2D eigenvalue weighted by molar-refractivity contribution is 0.0525. The molecule has 0 spiro atoms. The largest absolute Gasteiger partial charge is 0.462 e. The Balaban J connectivity index is 3.17. The first-order valence-electron chi connectivity index (χ1n) is 4.75. The number of ether oxygens (including phenoxy) is 1. The number of halogens is 2. The number of carbonyl (C=O) groups is 1. The maximum Gasteiger partial charge on any atom is 0.339 e. The summed E-state index contributed by atoms with van der Waals surface area (Å²) in [5.41, 5.74) is 1.66. The van der Waals surface area contributed by atoms with Gasteiger partial charge in [0, 0.05) is 8.95 Å². The molecule has 1 aromatic carbocycles. The van der Waals surface area contributed by atoms with E-state index in [4.69, 9.17) is 4.74 Å². The van der Waals surface area contributed by atoms with Crippen LogP contribution in [-0.2, 0) is 11.2 Å². The fourth-order valence-corrected chi connectivity index (χ4v) is 2.44. The van der Waals surface area contributed by atoms with Gasteiger partial charge in [-0.15, -0.1) is 0 Å². The van der Waals surface area contributed by atoms with Crippen molar-refractivity contribution in [2.24, 2.45) is 0 Å². The molecule has 4 heteroatoms. The Labute approximate surface area is 106 Å². The maximum atomic E-state index is 11.6. The van der Waals surface area contributed by atoms with E-state index in [0.717, 1.165) is 20.9 Å². The maximum absolute atomic E-state index is 11.6. The van der Waals surface area contributed by atoms with Gasteiger partial charge in [0.25, 0.3) is 0 Å². The predicted octanol–water partition coefficient (Wildman–Crippen LogP) is 3.95. The van der Waals surface area contributed by atoms with Gasteiger partial charge in [-0.3, -0.25) is 0 Å². The van der Waals surface area contributed by atoms with E-state index in [1.165, 1.54) is 0 Å². The number of benzene rings is 1. The summed E-state index contributed by atoms with van der Waals surface area (Å²) in [4.78, 5) is 11.6. The molecule has 0 bridgehead atoms. The minimum absolute atomic E-state index is 0.291. The number of hydrogen-bond acceptors (Lipinski definition) is 2. The van der Waals surface area contributed by atoms with Crippen LogP contribution in [-0.4, -0.2) is 12.6 Å². The Morgan fingerprint density at radius 3 is 2.53 bits per heavy atom. The second kappa shape index (κ2) is 5.66. The molecule has 0 aliphatic heterocycles. The van der Waals surface area contributed by atoms with Crippen LogP contribution in [0.1, 0.15) is 29.8 Å². The standard InChI is InChI=1S/C11H12Br2O2/c1-3-7-5-8(12)6-9(10(7)13)11(14)15-4-2/h5-6H,3-4H2,1-2H3. The van der Waals surface area contributed by atoms with Crippen molar-refractivity contribution in [2.75, 3.05) is 6.61 Å². The normalized spacial score (nSPS) is 10.1. The molecule has 0 aromatic heterocycles. The van der Waals surface area contributed by atoms with E-state index >= 15 is 0 Å². The molecule has 1 rings (SSSR count). The molecular formula is C11H12Br2O2. The highest BCUT2D eigenvalue weighted by molar-refractivity contribution is 9.11. The van der Waals surface area contributed by atoms with Gasteiger partial charge in [0.2, 0.25) is 0 Å². The lowest BCUT2D eigenvalue weighted by Gasteiger charge is -2.08. The molecule has 0 N–H and O–H groups in total. The molecule has 82 valence electrons. The van der Waals surface area contributed by atoms with Crippen LogP contribution in [0.5, 0.6) is 0 Å². The molecule has 0 heterocycles. The van der Waals surface area contributed by atoms with E-state index in [1.54, 1.807) is 13.0 Å². The van der Waals surface area contributed by atoms with Crippen molar-refractivity contribution < 1.29 is 9.53 Å². The minimum Gasteiger partial charge on any atom is -0.462 e. The monoisotopic (exact) mass is 334 g/mol. The zero-order valence-electron chi connectivity index (χ0n) is 8.64. The van der Waals surface area contributed by atoms with Crippen molar-refractivity contribution >= 4 is 37.8 Å². The molecule has 0 saturated carbocycles. The number of hydrogen-bond donors (Lipinski definition) is 0. The summed E-state index contributed by atoms with van der Waals surface area (Å²) in [5.74, 6) is -0.291. The Hall–Kier alpha value is -0.350. The molecule has 0 saturated heterocycles. The summed E-state index contributed by atoms with van der Waals surface area (Å²) < 4.78 is 6.69. The van der Waals surface area contributed by atoms with Gasteiger partial charge in [0.15, 0.2) is 0 Å². The molecule has 0 unspecified atom stereocenters. The average molecular weight is 336 g/mol. The smallest absolute Gasteiger partial charge is 0.339 e. The van der Waals surface area contributed by atoms with Crippen LogP contribution in [0, 0.1) is 0 Å². The van der Waals surface area contributed by atoms with Crippen molar-refractivity contribution in [3.63, 3.8) is 0 Å². The fourth-order valence-electron chi connectivity index (χ4n) is 1.26. The summed E-state index contributed by atoms with van der Waals surface area (Å²) in [5, 5.41) is 0. The van der Waals surface area contributed by atoms with Crippen molar-refractivity contribution in [2.45, 2.75) is 20.3 Å². The van der Waals surface area contributed by atoms with Crippen LogP contribution in [0.2, 0.25) is 0 Å². The molecule has 2 nitrogen and oxygen atoms in total. The highest BCUT2D eigenvalue weighted by Gasteiger charge is 2.14. The Bertz CT molecular complexity index is 375. The van der Waals surface area contributed by atoms with Crippen LogP contribution in [0.15, 0.2) is 21.1 Å². The Kier molecular flexibility index (Phi) is 4.80. The SMILES string of the molecule is CCOC(=O)c1cc(Br)cc(CC)c1Br. The molecular weight excluding hydrogens is 324 g/mol. The molecule has 15 heavy (non-hydrogen) atoms. The van der Waals surface area contributed by atoms with Gasteiger partial charge < -0.3 is 4.74 Å². The highest BCUT2D eigenvalue weighted by atomic mass is 79.9. The van der Waals surface area contributed by atoms with Crippen molar-refractivity contribution in [1.29, 1.82) is 0 Å². The van der Waals surface area contributed by atoms with Crippen LogP contribution in [0.3, 0.4) is 0 Å². The van der Waals surface area contributed by atoms with Gasteiger partial charge >= 0.3 is 5.97 Å². The van der Waals surface area contributed by atoms with Gasteiger partial charge in [-0.05, 0) is 47.0 Å². The van der Waals surface area contributed by atoms with E-state index < -0.39 is 0 Å². The Morgan fingerprint density at radius 1 is 1.33 bits per heavy atom. The van der Waals surface area contributed by atoms with Crippen LogP contribution >= 0.6 is 31.9 Å². The minimum atomic E-state index is -0.291. The first-order valence-corrected chi connectivity index (χ1v) is 6.33. The van der Waals surface area contributed by atoms with Gasteiger partial charge in [0.1, 0.15) is 0 Å².